The molecule has 84 valence electrons. The molecule has 6 heteroatoms. The van der Waals surface area contributed by atoms with Gasteiger partial charge in [-0.1, -0.05) is 0 Å². The first-order valence-electron chi connectivity index (χ1n) is 4.11. The minimum atomic E-state index is -1.97. The molecule has 16 heavy (non-hydrogen) atoms. The highest BCUT2D eigenvalue weighted by molar-refractivity contribution is 5.93. The number of phenolic OH excluding ortho intramolecular Hbond substituents is 2. The third-order valence-electron chi connectivity index (χ3n) is 2.20. The molecule has 2 aromatic rings. The second kappa shape index (κ2) is 3.26. The number of hydrogen-bond donors (Lipinski definition) is 2. The van der Waals surface area contributed by atoms with Gasteiger partial charge in [0, 0.05) is 5.39 Å². The van der Waals surface area contributed by atoms with Crippen LogP contribution in [0.2, 0.25) is 0 Å². The molecule has 0 atom stereocenters. The fraction of sp³-hybridized carbons (Fsp3) is 0. The Balaban J connectivity index is 3.09. The summed E-state index contributed by atoms with van der Waals surface area (Å²) in [7, 11) is 0. The molecule has 0 bridgehead atoms. The van der Waals surface area contributed by atoms with Crippen molar-refractivity contribution in [3.05, 3.63) is 35.4 Å². The molecule has 0 heterocycles. The highest BCUT2D eigenvalue weighted by Gasteiger charge is 2.23. The first-order valence-corrected chi connectivity index (χ1v) is 4.11. The van der Waals surface area contributed by atoms with Crippen LogP contribution in [-0.4, -0.2) is 10.2 Å². The van der Waals surface area contributed by atoms with Gasteiger partial charge in [-0.15, -0.1) is 0 Å². The maximum Gasteiger partial charge on any atom is 0.204 e. The van der Waals surface area contributed by atoms with Crippen molar-refractivity contribution in [2.24, 2.45) is 0 Å². The highest BCUT2D eigenvalue weighted by Crippen LogP contribution is 2.38. The molecule has 0 fully saturated rings. The van der Waals surface area contributed by atoms with E-state index in [1.165, 1.54) is 0 Å². The molecule has 2 N–H and O–H groups in total. The Hall–Kier alpha value is -1.98. The average Bonchev–Trinajstić information content (AvgIpc) is 2.27. The van der Waals surface area contributed by atoms with Crippen LogP contribution in [-0.2, 0) is 0 Å². The fourth-order valence-electron chi connectivity index (χ4n) is 1.41. The summed E-state index contributed by atoms with van der Waals surface area (Å²) in [5.74, 6) is -9.05. The van der Waals surface area contributed by atoms with E-state index in [9.17, 15) is 17.6 Å². The summed E-state index contributed by atoms with van der Waals surface area (Å²) in [4.78, 5) is 0. The molecule has 0 saturated carbocycles. The molecule has 0 radical (unpaired) electrons. The van der Waals surface area contributed by atoms with Crippen molar-refractivity contribution in [1.82, 2.24) is 0 Å². The Morgan fingerprint density at radius 2 is 1.38 bits per heavy atom. The summed E-state index contributed by atoms with van der Waals surface area (Å²) in [6.45, 7) is 0. The quantitative estimate of drug-likeness (QED) is 0.541. The van der Waals surface area contributed by atoms with Crippen molar-refractivity contribution in [1.29, 1.82) is 0 Å². The Morgan fingerprint density at radius 1 is 0.750 bits per heavy atom. The number of aromatic hydroxyl groups is 2. The molecular weight excluding hydrogens is 228 g/mol. The van der Waals surface area contributed by atoms with Gasteiger partial charge in [0.15, 0.2) is 29.0 Å². The van der Waals surface area contributed by atoms with Crippen molar-refractivity contribution in [2.75, 3.05) is 0 Å². The van der Waals surface area contributed by atoms with E-state index in [0.717, 1.165) is 6.07 Å². The van der Waals surface area contributed by atoms with E-state index < -0.39 is 45.5 Å². The monoisotopic (exact) mass is 232 g/mol. The zero-order valence-corrected chi connectivity index (χ0v) is 7.56. The van der Waals surface area contributed by atoms with Gasteiger partial charge in [-0.25, -0.2) is 13.2 Å². The molecule has 0 unspecified atom stereocenters. The van der Waals surface area contributed by atoms with Gasteiger partial charge in [0.1, 0.15) is 0 Å². The van der Waals surface area contributed by atoms with Crippen molar-refractivity contribution >= 4 is 10.8 Å². The first kappa shape index (κ1) is 10.5. The number of phenols is 2. The second-order valence-corrected chi connectivity index (χ2v) is 3.11. The van der Waals surface area contributed by atoms with E-state index in [1.54, 1.807) is 0 Å². The van der Waals surface area contributed by atoms with Gasteiger partial charge in [0.25, 0.3) is 0 Å². The zero-order valence-electron chi connectivity index (χ0n) is 7.56. The number of fused-ring (bicyclic) bond motifs is 1. The summed E-state index contributed by atoms with van der Waals surface area (Å²) in [5, 5.41) is 16.9. The van der Waals surface area contributed by atoms with Crippen molar-refractivity contribution in [2.45, 2.75) is 0 Å². The molecule has 0 aliphatic carbocycles. The number of benzene rings is 2. The second-order valence-electron chi connectivity index (χ2n) is 3.11. The largest absolute Gasteiger partial charge is 0.504 e. The lowest BCUT2D eigenvalue weighted by atomic mass is 10.1. The fourth-order valence-corrected chi connectivity index (χ4v) is 1.41. The van der Waals surface area contributed by atoms with E-state index in [1.807, 2.05) is 0 Å². The van der Waals surface area contributed by atoms with E-state index in [-0.39, 0.29) is 0 Å². The summed E-state index contributed by atoms with van der Waals surface area (Å²) in [5.41, 5.74) is 0. The van der Waals surface area contributed by atoms with Gasteiger partial charge in [0.2, 0.25) is 5.82 Å². The minimum absolute atomic E-state index is 0.504. The molecule has 0 aliphatic heterocycles. The summed E-state index contributed by atoms with van der Waals surface area (Å²) in [6, 6.07) is 1.54. The summed E-state index contributed by atoms with van der Waals surface area (Å²) in [6.07, 6.45) is 0. The molecule has 0 amide bonds. The first-order chi connectivity index (χ1) is 7.45. The van der Waals surface area contributed by atoms with Crippen LogP contribution in [0.25, 0.3) is 10.8 Å². The van der Waals surface area contributed by atoms with Crippen molar-refractivity contribution in [3.8, 4) is 11.5 Å². The number of rotatable bonds is 0. The predicted molar refractivity (Wildman–Crippen MR) is 47.1 cm³/mol. The lowest BCUT2D eigenvalue weighted by Gasteiger charge is -2.07. The third-order valence-corrected chi connectivity index (χ3v) is 2.20. The Morgan fingerprint density at radius 3 is 2.00 bits per heavy atom. The summed E-state index contributed by atoms with van der Waals surface area (Å²) >= 11 is 0. The highest BCUT2D eigenvalue weighted by atomic mass is 19.2. The van der Waals surface area contributed by atoms with Crippen LogP contribution >= 0.6 is 0 Å². The van der Waals surface area contributed by atoms with Gasteiger partial charge in [-0.2, -0.15) is 4.39 Å². The maximum absolute atomic E-state index is 13.2. The van der Waals surface area contributed by atoms with Crippen molar-refractivity contribution in [3.63, 3.8) is 0 Å². The zero-order chi connectivity index (χ0) is 12.0. The van der Waals surface area contributed by atoms with Crippen LogP contribution in [0, 0.1) is 23.3 Å². The van der Waals surface area contributed by atoms with Crippen molar-refractivity contribution < 1.29 is 27.8 Å². The van der Waals surface area contributed by atoms with E-state index >= 15 is 0 Å². The van der Waals surface area contributed by atoms with Crippen LogP contribution in [0.15, 0.2) is 12.1 Å². The van der Waals surface area contributed by atoms with Gasteiger partial charge in [-0.05, 0) is 12.1 Å². The molecule has 0 spiro atoms. The molecule has 0 aliphatic rings. The van der Waals surface area contributed by atoms with Crippen LogP contribution in [0.4, 0.5) is 17.6 Å². The predicted octanol–water partition coefficient (Wildman–Crippen LogP) is 2.81. The Labute approximate surface area is 86.4 Å². The van der Waals surface area contributed by atoms with Crippen LogP contribution < -0.4 is 0 Å². The van der Waals surface area contributed by atoms with E-state index in [4.69, 9.17) is 10.2 Å². The molecule has 2 aromatic carbocycles. The number of halogens is 4. The summed E-state index contributed by atoms with van der Waals surface area (Å²) < 4.78 is 51.9. The number of hydrogen-bond acceptors (Lipinski definition) is 2. The standard InChI is InChI=1S/C10H4F4O2/c11-4-2-1-3-5(10(4)16)6(12)7(13)8(14)9(3)15/h1-2,15-16H. The minimum Gasteiger partial charge on any atom is -0.504 e. The normalized spacial score (nSPS) is 11.0. The molecule has 0 saturated heterocycles. The van der Waals surface area contributed by atoms with Gasteiger partial charge in [0.05, 0.1) is 5.39 Å². The van der Waals surface area contributed by atoms with Crippen LogP contribution in [0.3, 0.4) is 0 Å². The van der Waals surface area contributed by atoms with Crippen LogP contribution in [0.1, 0.15) is 0 Å². The third kappa shape index (κ3) is 1.19. The van der Waals surface area contributed by atoms with Gasteiger partial charge >= 0.3 is 0 Å². The lowest BCUT2D eigenvalue weighted by molar-refractivity contribution is 0.391. The van der Waals surface area contributed by atoms with E-state index in [2.05, 4.69) is 0 Å². The van der Waals surface area contributed by atoms with Gasteiger partial charge in [-0.3, -0.25) is 0 Å². The van der Waals surface area contributed by atoms with Gasteiger partial charge < -0.3 is 10.2 Å². The molecule has 2 nitrogen and oxygen atoms in total. The van der Waals surface area contributed by atoms with Crippen LogP contribution in [0.5, 0.6) is 11.5 Å². The molecular formula is C10H4F4O2. The SMILES string of the molecule is Oc1c(F)c(F)c(F)c2c(O)c(F)ccc12. The lowest BCUT2D eigenvalue weighted by Crippen LogP contribution is -1.95. The smallest absolute Gasteiger partial charge is 0.204 e. The Bertz CT molecular complexity index is 595. The molecule has 2 rings (SSSR count). The Kier molecular flexibility index (Phi) is 2.15. The average molecular weight is 232 g/mol. The van der Waals surface area contributed by atoms with E-state index in [0.29, 0.717) is 6.07 Å². The molecule has 0 aromatic heterocycles. The maximum atomic E-state index is 13.2. The topological polar surface area (TPSA) is 40.5 Å².